The zero-order chi connectivity index (χ0) is 15.6. The Labute approximate surface area is 126 Å². The molecule has 1 amide bonds. The molecule has 116 valence electrons. The van der Waals surface area contributed by atoms with Gasteiger partial charge in [-0.05, 0) is 45.9 Å². The number of hydrogen-bond donors (Lipinski definition) is 1. The molecular formula is C16H25N3O2. The molecule has 1 aliphatic heterocycles. The van der Waals surface area contributed by atoms with Crippen LogP contribution in [0.15, 0.2) is 18.2 Å². The summed E-state index contributed by atoms with van der Waals surface area (Å²) >= 11 is 0. The summed E-state index contributed by atoms with van der Waals surface area (Å²) < 4.78 is 5.46. The summed E-state index contributed by atoms with van der Waals surface area (Å²) in [6.07, 6.45) is 0. The van der Waals surface area contributed by atoms with Crippen LogP contribution in [0.5, 0.6) is 5.75 Å². The average Bonchev–Trinajstić information content (AvgIpc) is 2.40. The number of benzene rings is 1. The van der Waals surface area contributed by atoms with Crippen LogP contribution in [-0.2, 0) is 4.79 Å². The van der Waals surface area contributed by atoms with Gasteiger partial charge in [0.2, 0.25) is 0 Å². The van der Waals surface area contributed by atoms with Crippen LogP contribution < -0.4 is 15.4 Å². The van der Waals surface area contributed by atoms with Crippen molar-refractivity contribution < 1.29 is 9.53 Å². The summed E-state index contributed by atoms with van der Waals surface area (Å²) in [5, 5.41) is 0. The second-order valence-electron chi connectivity index (χ2n) is 5.99. The first kappa shape index (κ1) is 15.6. The average molecular weight is 291 g/mol. The van der Waals surface area contributed by atoms with Gasteiger partial charge in [0.25, 0.3) is 5.91 Å². The monoisotopic (exact) mass is 291 g/mol. The van der Waals surface area contributed by atoms with Crippen molar-refractivity contribution in [3.8, 4) is 5.75 Å². The van der Waals surface area contributed by atoms with Gasteiger partial charge < -0.3 is 15.4 Å². The number of nitrogens with zero attached hydrogens (tertiary/aromatic N) is 2. The molecule has 5 heteroatoms. The van der Waals surface area contributed by atoms with Crippen molar-refractivity contribution in [2.24, 2.45) is 0 Å². The predicted octanol–water partition coefficient (Wildman–Crippen LogP) is 2.11. The Morgan fingerprint density at radius 3 is 2.57 bits per heavy atom. The van der Waals surface area contributed by atoms with Gasteiger partial charge >= 0.3 is 0 Å². The lowest BCUT2D eigenvalue weighted by atomic mass is 10.2. The molecule has 0 saturated carbocycles. The summed E-state index contributed by atoms with van der Waals surface area (Å²) in [5.41, 5.74) is 7.25. The number of ether oxygens (including phenoxy) is 1. The van der Waals surface area contributed by atoms with Gasteiger partial charge in [-0.1, -0.05) is 0 Å². The Morgan fingerprint density at radius 2 is 1.95 bits per heavy atom. The molecule has 0 unspecified atom stereocenters. The normalized spacial score (nSPS) is 14.8. The second kappa shape index (κ2) is 6.35. The quantitative estimate of drug-likeness (QED) is 0.844. The van der Waals surface area contributed by atoms with E-state index in [0.29, 0.717) is 24.3 Å². The van der Waals surface area contributed by atoms with Crippen LogP contribution in [-0.4, -0.2) is 42.6 Å². The summed E-state index contributed by atoms with van der Waals surface area (Å²) in [5.74, 6) is 0.713. The number of amides is 1. The lowest BCUT2D eigenvalue weighted by Gasteiger charge is -2.35. The minimum atomic E-state index is -0.0134. The molecule has 0 saturated heterocycles. The van der Waals surface area contributed by atoms with Crippen LogP contribution in [0.2, 0.25) is 0 Å². The lowest BCUT2D eigenvalue weighted by Crippen LogP contribution is -2.46. The van der Waals surface area contributed by atoms with Crippen molar-refractivity contribution in [3.05, 3.63) is 18.2 Å². The van der Waals surface area contributed by atoms with Gasteiger partial charge in [0, 0.05) is 30.9 Å². The minimum Gasteiger partial charge on any atom is -0.482 e. The maximum atomic E-state index is 12.2. The van der Waals surface area contributed by atoms with Crippen LogP contribution in [0.1, 0.15) is 27.7 Å². The zero-order valence-corrected chi connectivity index (χ0v) is 13.3. The number of nitrogens with two attached hydrogens (primary N) is 1. The standard InChI is InChI=1S/C16H25N3O2/c1-11(2)18(12(3)4)7-8-19-14-9-13(17)5-6-15(14)21-10-16(19)20/h5-6,9,11-12H,7-8,10,17H2,1-4H3. The zero-order valence-electron chi connectivity index (χ0n) is 13.3. The number of carbonyl (C=O) groups is 1. The number of fused-ring (bicyclic) bond motifs is 1. The number of rotatable bonds is 5. The van der Waals surface area contributed by atoms with Gasteiger partial charge in [0.15, 0.2) is 6.61 Å². The van der Waals surface area contributed by atoms with Crippen molar-refractivity contribution in [1.82, 2.24) is 4.90 Å². The van der Waals surface area contributed by atoms with Crippen LogP contribution in [0.25, 0.3) is 0 Å². The summed E-state index contributed by atoms with van der Waals surface area (Å²) in [4.78, 5) is 16.3. The highest BCUT2D eigenvalue weighted by atomic mass is 16.5. The molecule has 0 fully saturated rings. The summed E-state index contributed by atoms with van der Waals surface area (Å²) in [6, 6.07) is 6.32. The van der Waals surface area contributed by atoms with Gasteiger partial charge in [-0.15, -0.1) is 0 Å². The second-order valence-corrected chi connectivity index (χ2v) is 5.99. The van der Waals surface area contributed by atoms with Crippen molar-refractivity contribution in [3.63, 3.8) is 0 Å². The predicted molar refractivity (Wildman–Crippen MR) is 85.7 cm³/mol. The highest BCUT2D eigenvalue weighted by Gasteiger charge is 2.26. The van der Waals surface area contributed by atoms with Gasteiger partial charge in [0.05, 0.1) is 5.69 Å². The SMILES string of the molecule is CC(C)N(CCN1C(=O)COc2ccc(N)cc21)C(C)C. The molecule has 1 aromatic rings. The summed E-state index contributed by atoms with van der Waals surface area (Å²) in [6.45, 7) is 10.3. The maximum absolute atomic E-state index is 12.2. The van der Waals surface area contributed by atoms with Gasteiger partial charge in [-0.25, -0.2) is 0 Å². The fraction of sp³-hybridized carbons (Fsp3) is 0.562. The summed E-state index contributed by atoms with van der Waals surface area (Å²) in [7, 11) is 0. The van der Waals surface area contributed by atoms with Gasteiger partial charge in [-0.3, -0.25) is 9.69 Å². The molecule has 1 aliphatic rings. The van der Waals surface area contributed by atoms with E-state index in [9.17, 15) is 4.79 Å². The van der Waals surface area contributed by atoms with Gasteiger partial charge in [-0.2, -0.15) is 0 Å². The van der Waals surface area contributed by atoms with Crippen LogP contribution >= 0.6 is 0 Å². The highest BCUT2D eigenvalue weighted by molar-refractivity contribution is 5.98. The molecule has 2 rings (SSSR count). The highest BCUT2D eigenvalue weighted by Crippen LogP contribution is 2.33. The van der Waals surface area contributed by atoms with E-state index in [1.54, 1.807) is 11.0 Å². The molecular weight excluding hydrogens is 266 g/mol. The van der Waals surface area contributed by atoms with Crippen molar-refractivity contribution in [2.45, 2.75) is 39.8 Å². The molecule has 0 radical (unpaired) electrons. The third-order valence-corrected chi connectivity index (χ3v) is 3.83. The Hall–Kier alpha value is -1.75. The largest absolute Gasteiger partial charge is 0.482 e. The third-order valence-electron chi connectivity index (χ3n) is 3.83. The van der Waals surface area contributed by atoms with E-state index < -0.39 is 0 Å². The first-order chi connectivity index (χ1) is 9.90. The van der Waals surface area contributed by atoms with E-state index in [1.165, 1.54) is 0 Å². The number of anilines is 2. The minimum absolute atomic E-state index is 0.0134. The number of carbonyl (C=O) groups excluding carboxylic acids is 1. The first-order valence-corrected chi connectivity index (χ1v) is 7.48. The van der Waals surface area contributed by atoms with Crippen molar-refractivity contribution in [1.29, 1.82) is 0 Å². The molecule has 0 spiro atoms. The fourth-order valence-corrected chi connectivity index (χ4v) is 2.79. The smallest absolute Gasteiger partial charge is 0.265 e. The van der Waals surface area contributed by atoms with E-state index in [2.05, 4.69) is 32.6 Å². The van der Waals surface area contributed by atoms with E-state index >= 15 is 0 Å². The Bertz CT molecular complexity index is 506. The van der Waals surface area contributed by atoms with Crippen molar-refractivity contribution in [2.75, 3.05) is 30.3 Å². The molecule has 21 heavy (non-hydrogen) atoms. The molecule has 0 atom stereocenters. The topological polar surface area (TPSA) is 58.8 Å². The molecule has 0 bridgehead atoms. The molecule has 2 N–H and O–H groups in total. The van der Waals surface area contributed by atoms with Crippen LogP contribution in [0, 0.1) is 0 Å². The van der Waals surface area contributed by atoms with Crippen molar-refractivity contribution >= 4 is 17.3 Å². The lowest BCUT2D eigenvalue weighted by molar-refractivity contribution is -0.121. The molecule has 0 aromatic heterocycles. The Kier molecular flexibility index (Phi) is 4.73. The molecule has 1 heterocycles. The third kappa shape index (κ3) is 3.47. The number of hydrogen-bond acceptors (Lipinski definition) is 4. The maximum Gasteiger partial charge on any atom is 0.265 e. The van der Waals surface area contributed by atoms with Crippen LogP contribution in [0.3, 0.4) is 0 Å². The van der Waals surface area contributed by atoms with E-state index in [4.69, 9.17) is 10.5 Å². The Morgan fingerprint density at radius 1 is 1.29 bits per heavy atom. The number of nitrogen functional groups attached to an aromatic ring is 1. The van der Waals surface area contributed by atoms with Gasteiger partial charge in [0.1, 0.15) is 5.75 Å². The fourth-order valence-electron chi connectivity index (χ4n) is 2.79. The van der Waals surface area contributed by atoms with E-state index in [-0.39, 0.29) is 12.5 Å². The first-order valence-electron chi connectivity index (χ1n) is 7.48. The van der Waals surface area contributed by atoms with E-state index in [1.807, 2.05) is 12.1 Å². The van der Waals surface area contributed by atoms with E-state index in [0.717, 1.165) is 18.0 Å². The Balaban J connectivity index is 2.16. The molecule has 1 aromatic carbocycles. The van der Waals surface area contributed by atoms with Crippen LogP contribution in [0.4, 0.5) is 11.4 Å². The molecule has 0 aliphatic carbocycles. The molecule has 5 nitrogen and oxygen atoms in total.